The fourth-order valence-corrected chi connectivity index (χ4v) is 3.84. The van der Waals surface area contributed by atoms with Crippen molar-refractivity contribution in [3.63, 3.8) is 0 Å². The smallest absolute Gasteiger partial charge is 0.329 e. The van der Waals surface area contributed by atoms with Crippen LogP contribution in [0.2, 0.25) is 0 Å². The molecule has 142 valence electrons. The highest BCUT2D eigenvalue weighted by Crippen LogP contribution is 2.34. The number of aromatic nitrogens is 1. The minimum atomic E-state index is -0.989. The van der Waals surface area contributed by atoms with E-state index in [0.29, 0.717) is 18.5 Å². The Morgan fingerprint density at radius 3 is 2.30 bits per heavy atom. The summed E-state index contributed by atoms with van der Waals surface area (Å²) in [7, 11) is 0. The van der Waals surface area contributed by atoms with E-state index in [2.05, 4.69) is 17.1 Å². The Morgan fingerprint density at radius 2 is 1.78 bits per heavy atom. The average Bonchev–Trinajstić information content (AvgIpc) is 3.09. The van der Waals surface area contributed by atoms with Crippen molar-refractivity contribution in [3.05, 3.63) is 59.9 Å². The molecule has 3 rings (SSSR count). The third-order valence-corrected chi connectivity index (χ3v) is 5.09. The van der Waals surface area contributed by atoms with Gasteiger partial charge in [-0.1, -0.05) is 24.3 Å². The Kier molecular flexibility index (Phi) is 5.74. The normalized spacial score (nSPS) is 15.6. The van der Waals surface area contributed by atoms with Crippen LogP contribution in [0.3, 0.4) is 0 Å². The predicted octanol–water partition coefficient (Wildman–Crippen LogP) is 2.71. The number of hydrogen-bond acceptors (Lipinski definition) is 5. The van der Waals surface area contributed by atoms with Crippen molar-refractivity contribution >= 4 is 17.6 Å². The summed E-state index contributed by atoms with van der Waals surface area (Å²) in [6, 6.07) is 9.99. The summed E-state index contributed by atoms with van der Waals surface area (Å²) in [5.41, 5.74) is 3.05. The number of esters is 1. The lowest BCUT2D eigenvalue weighted by Gasteiger charge is -2.38. The molecule has 2 aromatic rings. The minimum absolute atomic E-state index is 0.0589. The van der Waals surface area contributed by atoms with Crippen molar-refractivity contribution in [3.8, 4) is 0 Å². The molecule has 1 aliphatic rings. The lowest BCUT2D eigenvalue weighted by molar-refractivity contribution is -0.146. The molecule has 0 fully saturated rings. The molecule has 0 bridgehead atoms. The van der Waals surface area contributed by atoms with Crippen LogP contribution < -0.4 is 4.90 Å². The molecule has 1 N–H and O–H groups in total. The SMILES string of the molecule is CCOC(=O)C(C1Cc2ccccc2C1)N(c1ccncc1)C(C)C(=O)O. The molecule has 0 radical (unpaired) electrons. The molecule has 6 nitrogen and oxygen atoms in total. The van der Waals surface area contributed by atoms with Crippen molar-refractivity contribution in [2.45, 2.75) is 38.8 Å². The third kappa shape index (κ3) is 3.94. The fraction of sp³-hybridized carbons (Fsp3) is 0.381. The van der Waals surface area contributed by atoms with Gasteiger partial charge in [0, 0.05) is 18.1 Å². The van der Waals surface area contributed by atoms with E-state index in [1.54, 1.807) is 43.3 Å². The highest BCUT2D eigenvalue weighted by atomic mass is 16.5. The van der Waals surface area contributed by atoms with E-state index < -0.39 is 18.1 Å². The lowest BCUT2D eigenvalue weighted by atomic mass is 9.93. The van der Waals surface area contributed by atoms with E-state index in [-0.39, 0.29) is 18.5 Å². The molecule has 0 spiro atoms. The Balaban J connectivity index is 2.02. The predicted molar refractivity (Wildman–Crippen MR) is 102 cm³/mol. The second-order valence-electron chi connectivity index (χ2n) is 6.76. The molecule has 2 unspecified atom stereocenters. The molecule has 0 saturated carbocycles. The summed E-state index contributed by atoms with van der Waals surface area (Å²) in [5, 5.41) is 9.68. The zero-order valence-corrected chi connectivity index (χ0v) is 15.5. The summed E-state index contributed by atoms with van der Waals surface area (Å²) in [6.07, 6.45) is 4.63. The maximum atomic E-state index is 13.0. The van der Waals surface area contributed by atoms with Gasteiger partial charge in [-0.3, -0.25) is 4.98 Å². The third-order valence-electron chi connectivity index (χ3n) is 5.09. The zero-order valence-electron chi connectivity index (χ0n) is 15.5. The molecule has 0 aliphatic heterocycles. The Hall–Kier alpha value is -2.89. The van der Waals surface area contributed by atoms with E-state index >= 15 is 0 Å². The molecular weight excluding hydrogens is 344 g/mol. The number of benzene rings is 1. The average molecular weight is 368 g/mol. The number of hydrogen-bond donors (Lipinski definition) is 1. The van der Waals surface area contributed by atoms with Gasteiger partial charge in [0.15, 0.2) is 0 Å². The van der Waals surface area contributed by atoms with Gasteiger partial charge in [-0.15, -0.1) is 0 Å². The highest BCUT2D eigenvalue weighted by Gasteiger charge is 2.41. The van der Waals surface area contributed by atoms with E-state index in [0.717, 1.165) is 0 Å². The Labute approximate surface area is 158 Å². The van der Waals surface area contributed by atoms with E-state index in [4.69, 9.17) is 4.74 Å². The van der Waals surface area contributed by atoms with Gasteiger partial charge in [0.2, 0.25) is 0 Å². The number of carboxylic acid groups (broad SMARTS) is 1. The second kappa shape index (κ2) is 8.20. The number of fused-ring (bicyclic) bond motifs is 1. The van der Waals surface area contributed by atoms with Crippen LogP contribution in [0.25, 0.3) is 0 Å². The number of carboxylic acids is 1. The maximum Gasteiger partial charge on any atom is 0.329 e. The van der Waals surface area contributed by atoms with Gasteiger partial charge < -0.3 is 14.7 Å². The van der Waals surface area contributed by atoms with E-state index in [1.165, 1.54) is 11.1 Å². The van der Waals surface area contributed by atoms with Crippen molar-refractivity contribution in [2.24, 2.45) is 5.92 Å². The first-order valence-corrected chi connectivity index (χ1v) is 9.17. The van der Waals surface area contributed by atoms with Crippen LogP contribution in [0, 0.1) is 5.92 Å². The summed E-state index contributed by atoms with van der Waals surface area (Å²) in [6.45, 7) is 3.60. The van der Waals surface area contributed by atoms with Gasteiger partial charge in [0.25, 0.3) is 0 Å². The van der Waals surface area contributed by atoms with E-state index in [1.807, 2.05) is 12.1 Å². The first-order valence-electron chi connectivity index (χ1n) is 9.17. The molecule has 2 atom stereocenters. The molecule has 1 heterocycles. The first-order chi connectivity index (χ1) is 13.0. The van der Waals surface area contributed by atoms with Crippen molar-refractivity contribution < 1.29 is 19.4 Å². The van der Waals surface area contributed by atoms with E-state index in [9.17, 15) is 14.7 Å². The van der Waals surface area contributed by atoms with Gasteiger partial charge in [-0.25, -0.2) is 9.59 Å². The monoisotopic (exact) mass is 368 g/mol. The summed E-state index contributed by atoms with van der Waals surface area (Å²) in [4.78, 5) is 30.5. The van der Waals surface area contributed by atoms with Crippen molar-refractivity contribution in [1.29, 1.82) is 0 Å². The largest absolute Gasteiger partial charge is 0.480 e. The standard InChI is InChI=1S/C21H24N2O4/c1-3-27-21(26)19(17-12-15-6-4-5-7-16(15)13-17)23(14(2)20(24)25)18-8-10-22-11-9-18/h4-11,14,17,19H,3,12-13H2,1-2H3,(H,24,25). The van der Waals surface area contributed by atoms with Crippen molar-refractivity contribution in [1.82, 2.24) is 4.98 Å². The lowest BCUT2D eigenvalue weighted by Crippen LogP contribution is -2.54. The van der Waals surface area contributed by atoms with Crippen LogP contribution in [0.1, 0.15) is 25.0 Å². The number of carbonyl (C=O) groups excluding carboxylic acids is 1. The van der Waals surface area contributed by atoms with Crippen LogP contribution in [0.4, 0.5) is 5.69 Å². The van der Waals surface area contributed by atoms with Crippen molar-refractivity contribution in [2.75, 3.05) is 11.5 Å². The molecule has 27 heavy (non-hydrogen) atoms. The highest BCUT2D eigenvalue weighted by molar-refractivity contribution is 5.86. The molecule has 0 amide bonds. The number of rotatable bonds is 7. The van der Waals surface area contributed by atoms with Gasteiger partial charge in [0.05, 0.1) is 6.61 Å². The topological polar surface area (TPSA) is 79.7 Å². The summed E-state index contributed by atoms with van der Waals surface area (Å²) < 4.78 is 5.36. The van der Waals surface area contributed by atoms with Gasteiger partial charge in [-0.2, -0.15) is 0 Å². The number of ether oxygens (including phenoxy) is 1. The van der Waals surface area contributed by atoms with Gasteiger partial charge in [0.1, 0.15) is 12.1 Å². The molecule has 6 heteroatoms. The quantitative estimate of drug-likeness (QED) is 0.757. The minimum Gasteiger partial charge on any atom is -0.480 e. The molecular formula is C21H24N2O4. The van der Waals surface area contributed by atoms with Crippen LogP contribution in [0.15, 0.2) is 48.8 Å². The Morgan fingerprint density at radius 1 is 1.19 bits per heavy atom. The number of carbonyl (C=O) groups is 2. The summed E-state index contributed by atoms with van der Waals surface area (Å²) >= 11 is 0. The second-order valence-corrected chi connectivity index (χ2v) is 6.76. The van der Waals surface area contributed by atoms with Gasteiger partial charge >= 0.3 is 11.9 Å². The van der Waals surface area contributed by atoms with Crippen LogP contribution in [-0.2, 0) is 27.2 Å². The number of anilines is 1. The zero-order chi connectivity index (χ0) is 19.4. The molecule has 1 aliphatic carbocycles. The number of pyridine rings is 1. The molecule has 1 aromatic heterocycles. The van der Waals surface area contributed by atoms with Gasteiger partial charge in [-0.05, 0) is 55.9 Å². The van der Waals surface area contributed by atoms with Crippen LogP contribution in [0.5, 0.6) is 0 Å². The van der Waals surface area contributed by atoms with Crippen LogP contribution in [-0.4, -0.2) is 40.7 Å². The molecule has 1 aromatic carbocycles. The molecule has 0 saturated heterocycles. The van der Waals surface area contributed by atoms with Crippen LogP contribution >= 0.6 is 0 Å². The summed E-state index contributed by atoms with van der Waals surface area (Å²) in [5.74, 6) is -1.44. The number of aliphatic carboxylic acids is 1. The first kappa shape index (κ1) is 18.9. The maximum absolute atomic E-state index is 13.0. The fourth-order valence-electron chi connectivity index (χ4n) is 3.84. The number of nitrogens with zero attached hydrogens (tertiary/aromatic N) is 2. The Bertz CT molecular complexity index is 784.